The molecule has 58 valence electrons. The summed E-state index contributed by atoms with van der Waals surface area (Å²) in [5.41, 5.74) is 6.24. The standard InChI is InChI=1S/C7H9N3S/c8-7-6(5-9-10-7)3-1-2-4-11/h5,11H,2,4H2,(H3,8,9,10). The summed E-state index contributed by atoms with van der Waals surface area (Å²) >= 11 is 4.02. The third-order valence-electron chi connectivity index (χ3n) is 1.13. The maximum absolute atomic E-state index is 5.48. The average molecular weight is 167 g/mol. The Hall–Kier alpha value is -1.08. The lowest BCUT2D eigenvalue weighted by Gasteiger charge is -1.82. The smallest absolute Gasteiger partial charge is 0.134 e. The molecule has 1 aromatic heterocycles. The van der Waals surface area contributed by atoms with Crippen LogP contribution in [0.4, 0.5) is 5.82 Å². The van der Waals surface area contributed by atoms with E-state index < -0.39 is 0 Å². The zero-order valence-electron chi connectivity index (χ0n) is 5.96. The summed E-state index contributed by atoms with van der Waals surface area (Å²) in [4.78, 5) is 0. The van der Waals surface area contributed by atoms with E-state index in [0.717, 1.165) is 17.7 Å². The molecule has 0 spiro atoms. The minimum absolute atomic E-state index is 0.525. The van der Waals surface area contributed by atoms with Gasteiger partial charge in [0, 0.05) is 12.2 Å². The minimum Gasteiger partial charge on any atom is -0.383 e. The number of anilines is 1. The van der Waals surface area contributed by atoms with Crippen LogP contribution in [-0.2, 0) is 0 Å². The summed E-state index contributed by atoms with van der Waals surface area (Å²) in [5.74, 6) is 7.08. The zero-order chi connectivity index (χ0) is 8.10. The van der Waals surface area contributed by atoms with Crippen molar-refractivity contribution in [2.24, 2.45) is 0 Å². The van der Waals surface area contributed by atoms with Crippen molar-refractivity contribution in [2.75, 3.05) is 11.5 Å². The number of H-pyrrole nitrogens is 1. The van der Waals surface area contributed by atoms with Crippen LogP contribution in [0, 0.1) is 11.8 Å². The van der Waals surface area contributed by atoms with E-state index in [1.807, 2.05) is 0 Å². The molecular formula is C7H9N3S. The lowest BCUT2D eigenvalue weighted by molar-refractivity contribution is 1.10. The van der Waals surface area contributed by atoms with E-state index in [9.17, 15) is 0 Å². The molecule has 0 fully saturated rings. The van der Waals surface area contributed by atoms with Gasteiger partial charge in [-0.05, 0) is 0 Å². The number of nitrogens with zero attached hydrogens (tertiary/aromatic N) is 1. The first kappa shape index (κ1) is 8.02. The number of nitrogens with one attached hydrogen (secondary N) is 1. The maximum Gasteiger partial charge on any atom is 0.134 e. The Morgan fingerprint density at radius 2 is 2.55 bits per heavy atom. The van der Waals surface area contributed by atoms with Gasteiger partial charge in [0.2, 0.25) is 0 Å². The summed E-state index contributed by atoms with van der Waals surface area (Å²) in [5, 5.41) is 6.33. The van der Waals surface area contributed by atoms with Gasteiger partial charge in [0.05, 0.1) is 11.8 Å². The van der Waals surface area contributed by atoms with E-state index in [1.54, 1.807) is 6.20 Å². The largest absolute Gasteiger partial charge is 0.383 e. The van der Waals surface area contributed by atoms with Crippen LogP contribution in [0.2, 0.25) is 0 Å². The molecule has 0 unspecified atom stereocenters. The Labute approximate surface area is 70.8 Å². The van der Waals surface area contributed by atoms with Gasteiger partial charge in [0.15, 0.2) is 0 Å². The predicted octanol–water partition coefficient (Wildman–Crippen LogP) is 0.663. The number of rotatable bonds is 1. The highest BCUT2D eigenvalue weighted by atomic mass is 32.1. The van der Waals surface area contributed by atoms with E-state index in [0.29, 0.717) is 5.82 Å². The van der Waals surface area contributed by atoms with Crippen molar-refractivity contribution in [2.45, 2.75) is 6.42 Å². The number of aromatic amines is 1. The first-order chi connectivity index (χ1) is 5.34. The Balaban J connectivity index is 2.65. The first-order valence-electron chi connectivity index (χ1n) is 3.23. The molecule has 3 nitrogen and oxygen atoms in total. The molecule has 0 radical (unpaired) electrons. The van der Waals surface area contributed by atoms with Crippen molar-refractivity contribution in [3.05, 3.63) is 11.8 Å². The van der Waals surface area contributed by atoms with Crippen LogP contribution in [0.15, 0.2) is 6.20 Å². The summed E-state index contributed by atoms with van der Waals surface area (Å²) in [6.07, 6.45) is 2.38. The van der Waals surface area contributed by atoms with Crippen molar-refractivity contribution in [1.29, 1.82) is 0 Å². The van der Waals surface area contributed by atoms with Crippen LogP contribution < -0.4 is 5.73 Å². The number of hydrogen-bond donors (Lipinski definition) is 3. The third kappa shape index (κ3) is 2.20. The van der Waals surface area contributed by atoms with Crippen molar-refractivity contribution in [3.8, 4) is 11.8 Å². The highest BCUT2D eigenvalue weighted by Crippen LogP contribution is 2.02. The Kier molecular flexibility index (Phi) is 2.87. The fraction of sp³-hybridized carbons (Fsp3) is 0.286. The number of thiol groups is 1. The van der Waals surface area contributed by atoms with E-state index in [-0.39, 0.29) is 0 Å². The third-order valence-corrected chi connectivity index (χ3v) is 1.35. The van der Waals surface area contributed by atoms with Gasteiger partial charge in [-0.3, -0.25) is 5.10 Å². The van der Waals surface area contributed by atoms with Crippen LogP contribution in [0.1, 0.15) is 12.0 Å². The zero-order valence-corrected chi connectivity index (χ0v) is 6.86. The Morgan fingerprint density at radius 3 is 3.09 bits per heavy atom. The van der Waals surface area contributed by atoms with Crippen molar-refractivity contribution >= 4 is 18.4 Å². The monoisotopic (exact) mass is 167 g/mol. The minimum atomic E-state index is 0.525. The van der Waals surface area contributed by atoms with E-state index in [1.165, 1.54) is 0 Å². The summed E-state index contributed by atoms with van der Waals surface area (Å²) in [6.45, 7) is 0. The molecule has 0 aliphatic rings. The molecule has 0 bridgehead atoms. The lowest BCUT2D eigenvalue weighted by Crippen LogP contribution is -1.86. The molecule has 0 amide bonds. The topological polar surface area (TPSA) is 54.7 Å². The molecule has 0 aliphatic carbocycles. The highest BCUT2D eigenvalue weighted by molar-refractivity contribution is 7.80. The van der Waals surface area contributed by atoms with Crippen molar-refractivity contribution in [3.63, 3.8) is 0 Å². The SMILES string of the molecule is Nc1[nH]ncc1C#CCCS. The van der Waals surface area contributed by atoms with Gasteiger partial charge in [-0.25, -0.2) is 0 Å². The van der Waals surface area contributed by atoms with Gasteiger partial charge in [0.1, 0.15) is 5.82 Å². The van der Waals surface area contributed by atoms with Crippen LogP contribution >= 0.6 is 12.6 Å². The van der Waals surface area contributed by atoms with Gasteiger partial charge in [-0.15, -0.1) is 0 Å². The second kappa shape index (κ2) is 3.94. The Bertz CT molecular complexity index is 281. The molecular weight excluding hydrogens is 158 g/mol. The molecule has 0 atom stereocenters. The van der Waals surface area contributed by atoms with Crippen molar-refractivity contribution in [1.82, 2.24) is 10.2 Å². The van der Waals surface area contributed by atoms with Crippen molar-refractivity contribution < 1.29 is 0 Å². The maximum atomic E-state index is 5.48. The van der Waals surface area contributed by atoms with Crippen LogP contribution in [0.3, 0.4) is 0 Å². The van der Waals surface area contributed by atoms with Crippen LogP contribution in [0.25, 0.3) is 0 Å². The highest BCUT2D eigenvalue weighted by Gasteiger charge is 1.93. The molecule has 4 heteroatoms. The number of nitrogens with two attached hydrogens (primary N) is 1. The predicted molar refractivity (Wildman–Crippen MR) is 48.3 cm³/mol. The summed E-state index contributed by atoms with van der Waals surface area (Å²) < 4.78 is 0. The van der Waals surface area contributed by atoms with Gasteiger partial charge in [-0.2, -0.15) is 17.7 Å². The van der Waals surface area contributed by atoms with Gasteiger partial charge < -0.3 is 5.73 Å². The summed E-state index contributed by atoms with van der Waals surface area (Å²) in [6, 6.07) is 0. The second-order valence-electron chi connectivity index (χ2n) is 1.97. The van der Waals surface area contributed by atoms with E-state index >= 15 is 0 Å². The molecule has 0 saturated carbocycles. The number of nitrogen functional groups attached to an aromatic ring is 1. The van der Waals surface area contributed by atoms with Crippen LogP contribution in [-0.4, -0.2) is 16.0 Å². The average Bonchev–Trinajstić information content (AvgIpc) is 2.37. The quantitative estimate of drug-likeness (QED) is 0.425. The second-order valence-corrected chi connectivity index (χ2v) is 2.42. The number of aromatic nitrogens is 2. The molecule has 0 saturated heterocycles. The molecule has 11 heavy (non-hydrogen) atoms. The molecule has 0 aliphatic heterocycles. The van der Waals surface area contributed by atoms with Gasteiger partial charge >= 0.3 is 0 Å². The molecule has 3 N–H and O–H groups in total. The Morgan fingerprint density at radius 1 is 1.73 bits per heavy atom. The normalized spacial score (nSPS) is 8.82. The molecule has 0 aromatic carbocycles. The molecule has 1 rings (SSSR count). The molecule has 1 aromatic rings. The molecule has 1 heterocycles. The van der Waals surface area contributed by atoms with E-state index in [4.69, 9.17) is 5.73 Å². The number of hydrogen-bond acceptors (Lipinski definition) is 3. The fourth-order valence-corrected chi connectivity index (χ4v) is 0.721. The van der Waals surface area contributed by atoms with Crippen LogP contribution in [0.5, 0.6) is 0 Å². The van der Waals surface area contributed by atoms with E-state index in [2.05, 4.69) is 34.7 Å². The van der Waals surface area contributed by atoms with Gasteiger partial charge in [-0.1, -0.05) is 11.8 Å². The fourth-order valence-electron chi connectivity index (χ4n) is 0.609. The lowest BCUT2D eigenvalue weighted by atomic mass is 10.3. The first-order valence-corrected chi connectivity index (χ1v) is 3.86. The summed E-state index contributed by atoms with van der Waals surface area (Å²) in [7, 11) is 0. The van der Waals surface area contributed by atoms with Gasteiger partial charge in [0.25, 0.3) is 0 Å².